The molecule has 0 aliphatic carbocycles. The second kappa shape index (κ2) is 3.86. The van der Waals surface area contributed by atoms with Crippen LogP contribution in [0.2, 0.25) is 0 Å². The molecular formula is C10H13IN4. The van der Waals surface area contributed by atoms with Crippen molar-refractivity contribution in [1.82, 2.24) is 15.3 Å². The van der Waals surface area contributed by atoms with Crippen molar-refractivity contribution in [2.45, 2.75) is 12.5 Å². The first-order valence-electron chi connectivity index (χ1n) is 5.29. The van der Waals surface area contributed by atoms with Gasteiger partial charge in [-0.1, -0.05) is 0 Å². The highest BCUT2D eigenvalue weighted by molar-refractivity contribution is 14.1. The SMILES string of the molecule is Ic1cncnc1N1CC[C@H]2CNC[C@H]21. The molecule has 0 aromatic carbocycles. The highest BCUT2D eigenvalue weighted by atomic mass is 127. The van der Waals surface area contributed by atoms with E-state index in [4.69, 9.17) is 0 Å². The molecule has 2 aliphatic rings. The molecule has 0 saturated carbocycles. The van der Waals surface area contributed by atoms with Crippen LogP contribution in [-0.2, 0) is 0 Å². The second-order valence-corrected chi connectivity index (χ2v) is 5.32. The molecule has 0 unspecified atom stereocenters. The molecule has 2 saturated heterocycles. The van der Waals surface area contributed by atoms with E-state index in [1.165, 1.54) is 13.0 Å². The van der Waals surface area contributed by atoms with Crippen molar-refractivity contribution in [2.24, 2.45) is 5.92 Å². The van der Waals surface area contributed by atoms with Crippen molar-refractivity contribution in [1.29, 1.82) is 0 Å². The zero-order valence-corrected chi connectivity index (χ0v) is 10.5. The van der Waals surface area contributed by atoms with E-state index < -0.39 is 0 Å². The Balaban J connectivity index is 1.91. The Bertz CT molecular complexity index is 370. The second-order valence-electron chi connectivity index (χ2n) is 4.16. The van der Waals surface area contributed by atoms with Crippen LogP contribution in [-0.4, -0.2) is 35.6 Å². The lowest BCUT2D eigenvalue weighted by molar-refractivity contribution is 0.577. The summed E-state index contributed by atoms with van der Waals surface area (Å²) in [6, 6.07) is 0.647. The van der Waals surface area contributed by atoms with Crippen LogP contribution in [0.15, 0.2) is 12.5 Å². The summed E-state index contributed by atoms with van der Waals surface area (Å²) < 4.78 is 1.16. The van der Waals surface area contributed by atoms with E-state index in [9.17, 15) is 0 Å². The molecule has 1 aromatic rings. The number of anilines is 1. The molecule has 4 nitrogen and oxygen atoms in total. The van der Waals surface area contributed by atoms with Gasteiger partial charge in [-0.15, -0.1) is 0 Å². The van der Waals surface area contributed by atoms with Gasteiger partial charge in [0, 0.05) is 31.9 Å². The first-order valence-corrected chi connectivity index (χ1v) is 6.37. The van der Waals surface area contributed by atoms with Crippen molar-refractivity contribution in [2.75, 3.05) is 24.5 Å². The summed E-state index contributed by atoms with van der Waals surface area (Å²) in [4.78, 5) is 10.9. The molecule has 15 heavy (non-hydrogen) atoms. The summed E-state index contributed by atoms with van der Waals surface area (Å²) in [5, 5.41) is 3.46. The lowest BCUT2D eigenvalue weighted by Gasteiger charge is -2.25. The Morgan fingerprint density at radius 1 is 1.47 bits per heavy atom. The third-order valence-corrected chi connectivity index (χ3v) is 4.13. The summed E-state index contributed by atoms with van der Waals surface area (Å²) in [6.07, 6.45) is 4.82. The van der Waals surface area contributed by atoms with Crippen LogP contribution >= 0.6 is 22.6 Å². The topological polar surface area (TPSA) is 41.1 Å². The lowest BCUT2D eigenvalue weighted by Crippen LogP contribution is -2.35. The molecule has 3 rings (SSSR count). The first-order chi connectivity index (χ1) is 7.36. The van der Waals surface area contributed by atoms with Gasteiger partial charge in [0.1, 0.15) is 12.1 Å². The van der Waals surface area contributed by atoms with Crippen LogP contribution in [0.5, 0.6) is 0 Å². The van der Waals surface area contributed by atoms with E-state index in [1.54, 1.807) is 6.33 Å². The van der Waals surface area contributed by atoms with Gasteiger partial charge in [-0.05, 0) is 34.9 Å². The molecule has 0 spiro atoms. The quantitative estimate of drug-likeness (QED) is 0.781. The number of rotatable bonds is 1. The predicted octanol–water partition coefficient (Wildman–Crippen LogP) is 0.879. The Morgan fingerprint density at radius 2 is 2.40 bits per heavy atom. The average Bonchev–Trinajstić information content (AvgIpc) is 2.80. The number of aromatic nitrogens is 2. The molecular weight excluding hydrogens is 303 g/mol. The van der Waals surface area contributed by atoms with Gasteiger partial charge in [0.2, 0.25) is 0 Å². The average molecular weight is 316 g/mol. The fourth-order valence-corrected chi connectivity index (χ4v) is 3.24. The molecule has 2 fully saturated rings. The summed E-state index contributed by atoms with van der Waals surface area (Å²) in [5.41, 5.74) is 0. The summed E-state index contributed by atoms with van der Waals surface area (Å²) in [7, 11) is 0. The largest absolute Gasteiger partial charge is 0.351 e. The minimum atomic E-state index is 0.647. The van der Waals surface area contributed by atoms with Crippen molar-refractivity contribution in [3.8, 4) is 0 Å². The third-order valence-electron chi connectivity index (χ3n) is 3.37. The number of hydrogen-bond acceptors (Lipinski definition) is 4. The molecule has 1 aromatic heterocycles. The molecule has 0 bridgehead atoms. The maximum absolute atomic E-state index is 4.40. The molecule has 0 radical (unpaired) electrons. The summed E-state index contributed by atoms with van der Waals surface area (Å²) in [6.45, 7) is 3.41. The number of hydrogen-bond donors (Lipinski definition) is 1. The zero-order chi connectivity index (χ0) is 10.3. The lowest BCUT2D eigenvalue weighted by atomic mass is 10.1. The Kier molecular flexibility index (Phi) is 2.51. The van der Waals surface area contributed by atoms with E-state index in [-0.39, 0.29) is 0 Å². The smallest absolute Gasteiger partial charge is 0.145 e. The van der Waals surface area contributed by atoms with Crippen LogP contribution in [0.25, 0.3) is 0 Å². The summed E-state index contributed by atoms with van der Waals surface area (Å²) >= 11 is 2.32. The van der Waals surface area contributed by atoms with Crippen molar-refractivity contribution in [3.05, 3.63) is 16.1 Å². The number of fused-ring (bicyclic) bond motifs is 1. The van der Waals surface area contributed by atoms with Crippen LogP contribution in [0.1, 0.15) is 6.42 Å². The Hall–Kier alpha value is -0.430. The van der Waals surface area contributed by atoms with Gasteiger partial charge in [-0.3, -0.25) is 0 Å². The van der Waals surface area contributed by atoms with Gasteiger partial charge in [0.05, 0.1) is 3.57 Å². The van der Waals surface area contributed by atoms with Crippen molar-refractivity contribution >= 4 is 28.4 Å². The highest BCUT2D eigenvalue weighted by Gasteiger charge is 2.38. The van der Waals surface area contributed by atoms with E-state index in [1.807, 2.05) is 6.20 Å². The van der Waals surface area contributed by atoms with Crippen molar-refractivity contribution in [3.63, 3.8) is 0 Å². The van der Waals surface area contributed by atoms with E-state index in [0.29, 0.717) is 6.04 Å². The molecule has 2 aliphatic heterocycles. The molecule has 80 valence electrons. The van der Waals surface area contributed by atoms with Gasteiger partial charge >= 0.3 is 0 Å². The van der Waals surface area contributed by atoms with Crippen LogP contribution in [0.4, 0.5) is 5.82 Å². The maximum atomic E-state index is 4.40. The standard InChI is InChI=1S/C10H13IN4/c11-8-4-13-6-14-10(8)15-2-1-7-3-12-5-9(7)15/h4,6-7,9,12H,1-3,5H2/t7-,9+/m0/s1. The van der Waals surface area contributed by atoms with E-state index in [0.717, 1.165) is 28.4 Å². The van der Waals surface area contributed by atoms with Crippen molar-refractivity contribution < 1.29 is 0 Å². The molecule has 3 heterocycles. The molecule has 1 N–H and O–H groups in total. The molecule has 0 amide bonds. The fourth-order valence-electron chi connectivity index (χ4n) is 2.63. The van der Waals surface area contributed by atoms with Gasteiger partial charge < -0.3 is 10.2 Å². The van der Waals surface area contributed by atoms with E-state index in [2.05, 4.69) is 42.8 Å². The number of nitrogens with one attached hydrogen (secondary N) is 1. The Morgan fingerprint density at radius 3 is 3.27 bits per heavy atom. The van der Waals surface area contributed by atoms with E-state index >= 15 is 0 Å². The highest BCUT2D eigenvalue weighted by Crippen LogP contribution is 2.32. The van der Waals surface area contributed by atoms with Gasteiger partial charge in [-0.2, -0.15) is 0 Å². The Labute approximate surface area is 103 Å². The third kappa shape index (κ3) is 1.61. The van der Waals surface area contributed by atoms with Crippen LogP contribution in [0.3, 0.4) is 0 Å². The minimum absolute atomic E-state index is 0.647. The predicted molar refractivity (Wildman–Crippen MR) is 66.9 cm³/mol. The molecule has 5 heteroatoms. The van der Waals surface area contributed by atoms with Crippen LogP contribution < -0.4 is 10.2 Å². The summed E-state index contributed by atoms with van der Waals surface area (Å²) in [5.74, 6) is 1.93. The molecule has 2 atom stereocenters. The number of nitrogens with zero attached hydrogens (tertiary/aromatic N) is 3. The fraction of sp³-hybridized carbons (Fsp3) is 0.600. The monoisotopic (exact) mass is 316 g/mol. The van der Waals surface area contributed by atoms with Crippen LogP contribution in [0, 0.1) is 9.49 Å². The maximum Gasteiger partial charge on any atom is 0.145 e. The van der Waals surface area contributed by atoms with Gasteiger partial charge in [-0.25, -0.2) is 9.97 Å². The van der Waals surface area contributed by atoms with Gasteiger partial charge in [0.15, 0.2) is 0 Å². The first kappa shape index (κ1) is 9.77. The zero-order valence-electron chi connectivity index (χ0n) is 8.36. The normalized spacial score (nSPS) is 29.5. The number of halogens is 1. The minimum Gasteiger partial charge on any atom is -0.351 e. The van der Waals surface area contributed by atoms with Gasteiger partial charge in [0.25, 0.3) is 0 Å².